The molecule has 0 unspecified atom stereocenters. The Labute approximate surface area is 177 Å². The number of nitrogens with zero attached hydrogens (tertiary/aromatic N) is 3. The largest absolute Gasteiger partial charge is 0.373 e. The lowest BCUT2D eigenvalue weighted by atomic mass is 10.2. The monoisotopic (exact) mass is 432 g/mol. The van der Waals surface area contributed by atoms with E-state index in [1.54, 1.807) is 24.4 Å². The second kappa shape index (κ2) is 8.49. The van der Waals surface area contributed by atoms with Gasteiger partial charge < -0.3 is 10.1 Å². The zero-order valence-electron chi connectivity index (χ0n) is 17.3. The van der Waals surface area contributed by atoms with E-state index in [9.17, 15) is 13.2 Å². The van der Waals surface area contributed by atoms with E-state index in [-0.39, 0.29) is 23.0 Å². The van der Waals surface area contributed by atoms with Crippen molar-refractivity contribution in [1.82, 2.24) is 14.1 Å². The number of anilines is 1. The molecule has 1 saturated carbocycles. The van der Waals surface area contributed by atoms with E-state index in [0.29, 0.717) is 30.5 Å². The summed E-state index contributed by atoms with van der Waals surface area (Å²) in [7, 11) is -3.63. The zero-order valence-corrected chi connectivity index (χ0v) is 18.1. The predicted octanol–water partition coefficient (Wildman–Crippen LogP) is 3.05. The molecule has 1 saturated heterocycles. The van der Waals surface area contributed by atoms with Crippen molar-refractivity contribution in [3.63, 3.8) is 0 Å². The predicted molar refractivity (Wildman–Crippen MR) is 113 cm³/mol. The Morgan fingerprint density at radius 1 is 1.07 bits per heavy atom. The molecule has 162 valence electrons. The van der Waals surface area contributed by atoms with Crippen LogP contribution in [0.2, 0.25) is 0 Å². The van der Waals surface area contributed by atoms with Gasteiger partial charge in [-0.05, 0) is 51.0 Å². The number of hydrogen-bond acceptors (Lipinski definition) is 5. The van der Waals surface area contributed by atoms with Gasteiger partial charge in [-0.1, -0.05) is 12.8 Å². The minimum atomic E-state index is -3.63. The van der Waals surface area contributed by atoms with Crippen LogP contribution in [0, 0.1) is 0 Å². The maximum Gasteiger partial charge on any atom is 0.256 e. The van der Waals surface area contributed by atoms with Crippen molar-refractivity contribution in [2.24, 2.45) is 0 Å². The third-order valence-electron chi connectivity index (χ3n) is 5.72. The van der Waals surface area contributed by atoms with Crippen LogP contribution in [-0.4, -0.2) is 53.7 Å². The molecule has 2 heterocycles. The summed E-state index contributed by atoms with van der Waals surface area (Å²) in [6.07, 6.45) is 5.86. The molecule has 30 heavy (non-hydrogen) atoms. The van der Waals surface area contributed by atoms with Gasteiger partial charge in [0.05, 0.1) is 29.3 Å². The van der Waals surface area contributed by atoms with Crippen LogP contribution < -0.4 is 5.32 Å². The maximum atomic E-state index is 13.0. The lowest BCUT2D eigenvalue weighted by Crippen LogP contribution is -2.48. The summed E-state index contributed by atoms with van der Waals surface area (Å²) in [5, 5.41) is 7.26. The number of morpholine rings is 1. The zero-order chi connectivity index (χ0) is 21.3. The maximum absolute atomic E-state index is 13.0. The summed E-state index contributed by atoms with van der Waals surface area (Å²) in [6, 6.07) is 8.18. The van der Waals surface area contributed by atoms with Crippen LogP contribution in [0.3, 0.4) is 0 Å². The SMILES string of the molecule is C[C@@H]1CN(S(=O)(=O)c2ccc(C(=O)Nc3ccnn3C3CCCC3)cc2)C[C@@H](C)O1. The van der Waals surface area contributed by atoms with E-state index in [1.165, 1.54) is 29.3 Å². The van der Waals surface area contributed by atoms with Crippen molar-refractivity contribution in [1.29, 1.82) is 0 Å². The Morgan fingerprint density at radius 2 is 1.70 bits per heavy atom. The van der Waals surface area contributed by atoms with Crippen LogP contribution in [0.1, 0.15) is 55.9 Å². The van der Waals surface area contributed by atoms with E-state index in [2.05, 4.69) is 10.4 Å². The Kier molecular flexibility index (Phi) is 5.95. The number of ether oxygens (including phenoxy) is 1. The standard InChI is InChI=1S/C21H28N4O4S/c1-15-13-24(14-16(2)29-15)30(27,28)19-9-7-17(8-10-19)21(26)23-20-11-12-22-25(20)18-5-3-4-6-18/h7-12,15-16,18H,3-6,13-14H2,1-2H3,(H,23,26)/t15-,16-/m1/s1. The molecule has 2 fully saturated rings. The van der Waals surface area contributed by atoms with Gasteiger partial charge in [0.15, 0.2) is 0 Å². The van der Waals surface area contributed by atoms with Crippen LogP contribution in [0.5, 0.6) is 0 Å². The molecule has 4 rings (SSSR count). The van der Waals surface area contributed by atoms with Crippen LogP contribution in [0.4, 0.5) is 5.82 Å². The molecule has 1 aromatic heterocycles. The van der Waals surface area contributed by atoms with Gasteiger partial charge in [0.25, 0.3) is 5.91 Å². The van der Waals surface area contributed by atoms with Gasteiger partial charge in [-0.25, -0.2) is 13.1 Å². The van der Waals surface area contributed by atoms with E-state index in [1.807, 2.05) is 18.5 Å². The van der Waals surface area contributed by atoms with E-state index in [4.69, 9.17) is 4.74 Å². The second-order valence-electron chi connectivity index (χ2n) is 8.16. The normalized spacial score (nSPS) is 23.5. The van der Waals surface area contributed by atoms with E-state index in [0.717, 1.165) is 12.8 Å². The second-order valence-corrected chi connectivity index (χ2v) is 10.1. The first-order valence-electron chi connectivity index (χ1n) is 10.4. The average Bonchev–Trinajstić information content (AvgIpc) is 3.39. The van der Waals surface area contributed by atoms with Crippen molar-refractivity contribution in [2.75, 3.05) is 18.4 Å². The Balaban J connectivity index is 1.47. The van der Waals surface area contributed by atoms with Crippen LogP contribution >= 0.6 is 0 Å². The molecule has 1 aliphatic heterocycles. The number of carbonyl (C=O) groups excluding carboxylic acids is 1. The highest BCUT2D eigenvalue weighted by atomic mass is 32.2. The van der Waals surface area contributed by atoms with Gasteiger partial charge in [-0.3, -0.25) is 4.79 Å². The Morgan fingerprint density at radius 3 is 2.33 bits per heavy atom. The first-order chi connectivity index (χ1) is 14.3. The Hall–Kier alpha value is -2.23. The Bertz CT molecular complexity index is 986. The topological polar surface area (TPSA) is 93.5 Å². The third-order valence-corrected chi connectivity index (χ3v) is 7.57. The molecule has 2 atom stereocenters. The fourth-order valence-corrected chi connectivity index (χ4v) is 5.89. The summed E-state index contributed by atoms with van der Waals surface area (Å²) < 4.78 is 34.9. The number of benzene rings is 1. The number of aromatic nitrogens is 2. The molecule has 8 nitrogen and oxygen atoms in total. The van der Waals surface area contributed by atoms with E-state index < -0.39 is 10.0 Å². The molecule has 2 aliphatic rings. The molecular weight excluding hydrogens is 404 g/mol. The van der Waals surface area contributed by atoms with Crippen LogP contribution in [-0.2, 0) is 14.8 Å². The highest BCUT2D eigenvalue weighted by Gasteiger charge is 2.32. The fourth-order valence-electron chi connectivity index (χ4n) is 4.30. The molecule has 0 bridgehead atoms. The van der Waals surface area contributed by atoms with Crippen LogP contribution in [0.15, 0.2) is 41.4 Å². The number of hydrogen-bond donors (Lipinski definition) is 1. The van der Waals surface area contributed by atoms with Crippen molar-refractivity contribution in [3.05, 3.63) is 42.1 Å². The summed E-state index contributed by atoms with van der Waals surface area (Å²) in [5.74, 6) is 0.382. The number of amides is 1. The van der Waals surface area contributed by atoms with Gasteiger partial charge in [-0.15, -0.1) is 0 Å². The van der Waals surface area contributed by atoms with Crippen molar-refractivity contribution < 1.29 is 17.9 Å². The lowest BCUT2D eigenvalue weighted by Gasteiger charge is -2.34. The molecule has 1 aromatic carbocycles. The molecule has 1 N–H and O–H groups in total. The van der Waals surface area contributed by atoms with E-state index >= 15 is 0 Å². The van der Waals surface area contributed by atoms with Gasteiger partial charge in [0.1, 0.15) is 5.82 Å². The van der Waals surface area contributed by atoms with Crippen molar-refractivity contribution in [3.8, 4) is 0 Å². The molecule has 2 aromatic rings. The summed E-state index contributed by atoms with van der Waals surface area (Å²) in [6.45, 7) is 4.37. The first-order valence-corrected chi connectivity index (χ1v) is 11.9. The highest BCUT2D eigenvalue weighted by molar-refractivity contribution is 7.89. The molecule has 9 heteroatoms. The molecule has 0 spiro atoms. The minimum Gasteiger partial charge on any atom is -0.373 e. The quantitative estimate of drug-likeness (QED) is 0.784. The third kappa shape index (κ3) is 4.28. The number of carbonyl (C=O) groups is 1. The van der Waals surface area contributed by atoms with Crippen molar-refractivity contribution >= 4 is 21.7 Å². The van der Waals surface area contributed by atoms with Crippen LogP contribution in [0.25, 0.3) is 0 Å². The van der Waals surface area contributed by atoms with Gasteiger partial charge in [-0.2, -0.15) is 9.40 Å². The number of rotatable bonds is 5. The summed E-state index contributed by atoms with van der Waals surface area (Å²) in [5.41, 5.74) is 0.400. The highest BCUT2D eigenvalue weighted by Crippen LogP contribution is 2.31. The van der Waals surface area contributed by atoms with Crippen molar-refractivity contribution in [2.45, 2.75) is 62.7 Å². The molecule has 0 radical (unpaired) electrons. The minimum absolute atomic E-state index is 0.154. The summed E-state index contributed by atoms with van der Waals surface area (Å²) in [4.78, 5) is 12.9. The van der Waals surface area contributed by atoms with Gasteiger partial charge in [0, 0.05) is 24.7 Å². The first kappa shape index (κ1) is 21.0. The molecule has 1 aliphatic carbocycles. The molecular formula is C21H28N4O4S. The smallest absolute Gasteiger partial charge is 0.256 e. The fraction of sp³-hybridized carbons (Fsp3) is 0.524. The number of nitrogens with one attached hydrogen (secondary N) is 1. The van der Waals surface area contributed by atoms with Gasteiger partial charge in [0.2, 0.25) is 10.0 Å². The molecule has 1 amide bonds. The summed E-state index contributed by atoms with van der Waals surface area (Å²) >= 11 is 0. The number of sulfonamides is 1. The average molecular weight is 433 g/mol. The van der Waals surface area contributed by atoms with Gasteiger partial charge >= 0.3 is 0 Å². The lowest BCUT2D eigenvalue weighted by molar-refractivity contribution is -0.0440.